The van der Waals surface area contributed by atoms with Gasteiger partial charge in [0.15, 0.2) is 0 Å². The molecule has 0 heterocycles. The SMILES string of the molecule is CCCCOc1cc(C(=O)NC)ccc1N. The third-order valence-electron chi connectivity index (χ3n) is 2.26. The molecule has 4 heteroatoms. The summed E-state index contributed by atoms with van der Waals surface area (Å²) in [6.45, 7) is 2.71. The maximum absolute atomic E-state index is 11.4. The highest BCUT2D eigenvalue weighted by molar-refractivity contribution is 5.95. The summed E-state index contributed by atoms with van der Waals surface area (Å²) in [7, 11) is 1.59. The van der Waals surface area contributed by atoms with Crippen molar-refractivity contribution in [1.82, 2.24) is 5.32 Å². The lowest BCUT2D eigenvalue weighted by atomic mass is 10.2. The summed E-state index contributed by atoms with van der Waals surface area (Å²) in [5.74, 6) is 0.440. The van der Waals surface area contributed by atoms with Crippen molar-refractivity contribution in [1.29, 1.82) is 0 Å². The number of rotatable bonds is 5. The van der Waals surface area contributed by atoms with E-state index in [9.17, 15) is 4.79 Å². The van der Waals surface area contributed by atoms with E-state index in [0.717, 1.165) is 12.8 Å². The lowest BCUT2D eigenvalue weighted by Crippen LogP contribution is -2.17. The number of hydrogen-bond donors (Lipinski definition) is 2. The Balaban J connectivity index is 2.78. The van der Waals surface area contributed by atoms with E-state index in [1.54, 1.807) is 25.2 Å². The maximum Gasteiger partial charge on any atom is 0.251 e. The molecule has 0 fully saturated rings. The van der Waals surface area contributed by atoms with Crippen molar-refractivity contribution in [3.8, 4) is 5.75 Å². The number of nitrogen functional groups attached to an aromatic ring is 1. The van der Waals surface area contributed by atoms with Gasteiger partial charge in [-0.25, -0.2) is 0 Å². The number of amides is 1. The Morgan fingerprint density at radius 2 is 2.25 bits per heavy atom. The fourth-order valence-corrected chi connectivity index (χ4v) is 1.27. The molecule has 4 nitrogen and oxygen atoms in total. The first-order valence-electron chi connectivity index (χ1n) is 5.43. The van der Waals surface area contributed by atoms with Crippen LogP contribution in [-0.2, 0) is 0 Å². The lowest BCUT2D eigenvalue weighted by molar-refractivity contribution is 0.0962. The summed E-state index contributed by atoms with van der Waals surface area (Å²) in [4.78, 5) is 11.4. The van der Waals surface area contributed by atoms with E-state index in [2.05, 4.69) is 12.2 Å². The topological polar surface area (TPSA) is 64.3 Å². The second kappa shape index (κ2) is 6.00. The highest BCUT2D eigenvalue weighted by Crippen LogP contribution is 2.22. The molecule has 1 aromatic rings. The molecule has 0 aromatic heterocycles. The molecule has 0 saturated carbocycles. The highest BCUT2D eigenvalue weighted by atomic mass is 16.5. The summed E-state index contributed by atoms with van der Waals surface area (Å²) in [6, 6.07) is 5.04. The van der Waals surface area contributed by atoms with Gasteiger partial charge in [-0.15, -0.1) is 0 Å². The number of benzene rings is 1. The normalized spacial score (nSPS) is 9.88. The maximum atomic E-state index is 11.4. The van der Waals surface area contributed by atoms with Gasteiger partial charge < -0.3 is 15.8 Å². The predicted octanol–water partition coefficient (Wildman–Crippen LogP) is 1.81. The first-order valence-corrected chi connectivity index (χ1v) is 5.43. The molecule has 0 aliphatic rings. The number of carbonyl (C=O) groups excluding carboxylic acids is 1. The highest BCUT2D eigenvalue weighted by Gasteiger charge is 2.07. The molecule has 0 bridgehead atoms. The Kier molecular flexibility index (Phi) is 4.64. The molecular formula is C12H18N2O2. The molecule has 1 aromatic carbocycles. The van der Waals surface area contributed by atoms with Crippen molar-refractivity contribution >= 4 is 11.6 Å². The fourth-order valence-electron chi connectivity index (χ4n) is 1.27. The van der Waals surface area contributed by atoms with Crippen molar-refractivity contribution in [2.24, 2.45) is 0 Å². The van der Waals surface area contributed by atoms with E-state index in [0.29, 0.717) is 23.6 Å². The number of anilines is 1. The Bertz CT molecular complexity index is 364. The Hall–Kier alpha value is -1.71. The fraction of sp³-hybridized carbons (Fsp3) is 0.417. The van der Waals surface area contributed by atoms with Gasteiger partial charge in [-0.1, -0.05) is 13.3 Å². The molecule has 1 amide bonds. The second-order valence-corrected chi connectivity index (χ2v) is 3.53. The Morgan fingerprint density at radius 3 is 2.88 bits per heavy atom. The smallest absolute Gasteiger partial charge is 0.251 e. The van der Waals surface area contributed by atoms with Gasteiger partial charge in [-0.05, 0) is 24.6 Å². The van der Waals surface area contributed by atoms with Gasteiger partial charge in [0, 0.05) is 12.6 Å². The molecule has 0 radical (unpaired) electrons. The van der Waals surface area contributed by atoms with E-state index < -0.39 is 0 Å². The molecule has 3 N–H and O–H groups in total. The van der Waals surface area contributed by atoms with Crippen molar-refractivity contribution in [2.75, 3.05) is 19.4 Å². The summed E-state index contributed by atoms with van der Waals surface area (Å²) in [5.41, 5.74) is 6.87. The van der Waals surface area contributed by atoms with Crippen LogP contribution in [0.25, 0.3) is 0 Å². The summed E-state index contributed by atoms with van der Waals surface area (Å²) >= 11 is 0. The Labute approximate surface area is 95.8 Å². The second-order valence-electron chi connectivity index (χ2n) is 3.53. The standard InChI is InChI=1S/C12H18N2O2/c1-3-4-7-16-11-8-9(12(15)14-2)5-6-10(11)13/h5-6,8H,3-4,7,13H2,1-2H3,(H,14,15). The first kappa shape index (κ1) is 12.4. The van der Waals surface area contributed by atoms with Crippen LogP contribution in [0.15, 0.2) is 18.2 Å². The number of unbranched alkanes of at least 4 members (excludes halogenated alkanes) is 1. The molecule has 0 spiro atoms. The number of ether oxygens (including phenoxy) is 1. The molecule has 0 atom stereocenters. The first-order chi connectivity index (χ1) is 7.69. The van der Waals surface area contributed by atoms with Crippen LogP contribution < -0.4 is 15.8 Å². The van der Waals surface area contributed by atoms with E-state index in [-0.39, 0.29) is 5.91 Å². The van der Waals surface area contributed by atoms with Crippen molar-refractivity contribution in [3.05, 3.63) is 23.8 Å². The van der Waals surface area contributed by atoms with Gasteiger partial charge in [0.05, 0.1) is 12.3 Å². The number of nitrogens with two attached hydrogens (primary N) is 1. The molecule has 0 saturated heterocycles. The van der Waals surface area contributed by atoms with Crippen LogP contribution in [0.3, 0.4) is 0 Å². The average Bonchev–Trinajstić information content (AvgIpc) is 2.31. The molecule has 16 heavy (non-hydrogen) atoms. The van der Waals surface area contributed by atoms with Crippen LogP contribution in [0.5, 0.6) is 5.75 Å². The zero-order valence-corrected chi connectivity index (χ0v) is 9.75. The Morgan fingerprint density at radius 1 is 1.50 bits per heavy atom. The van der Waals surface area contributed by atoms with Crippen LogP contribution in [0.4, 0.5) is 5.69 Å². The minimum atomic E-state index is -0.139. The summed E-state index contributed by atoms with van der Waals surface area (Å²) in [6.07, 6.45) is 2.04. The lowest BCUT2D eigenvalue weighted by Gasteiger charge is -2.09. The van der Waals surface area contributed by atoms with Crippen LogP contribution >= 0.6 is 0 Å². The van der Waals surface area contributed by atoms with E-state index in [1.807, 2.05) is 0 Å². The predicted molar refractivity (Wildman–Crippen MR) is 64.6 cm³/mol. The quantitative estimate of drug-likeness (QED) is 0.590. The van der Waals surface area contributed by atoms with Gasteiger partial charge >= 0.3 is 0 Å². The number of hydrogen-bond acceptors (Lipinski definition) is 3. The van der Waals surface area contributed by atoms with Gasteiger partial charge in [0.1, 0.15) is 5.75 Å². The third-order valence-corrected chi connectivity index (χ3v) is 2.26. The van der Waals surface area contributed by atoms with Gasteiger partial charge in [-0.2, -0.15) is 0 Å². The van der Waals surface area contributed by atoms with E-state index in [4.69, 9.17) is 10.5 Å². The molecule has 88 valence electrons. The van der Waals surface area contributed by atoms with E-state index >= 15 is 0 Å². The minimum absolute atomic E-state index is 0.139. The van der Waals surface area contributed by atoms with Gasteiger partial charge in [-0.3, -0.25) is 4.79 Å². The van der Waals surface area contributed by atoms with Crippen LogP contribution in [0.2, 0.25) is 0 Å². The van der Waals surface area contributed by atoms with Crippen molar-refractivity contribution in [2.45, 2.75) is 19.8 Å². The van der Waals surface area contributed by atoms with Crippen LogP contribution in [-0.4, -0.2) is 19.6 Å². The van der Waals surface area contributed by atoms with Gasteiger partial charge in [0.2, 0.25) is 0 Å². The summed E-state index contributed by atoms with van der Waals surface area (Å²) < 4.78 is 5.51. The number of carbonyl (C=O) groups is 1. The minimum Gasteiger partial charge on any atom is -0.491 e. The molecule has 1 rings (SSSR count). The zero-order chi connectivity index (χ0) is 12.0. The largest absolute Gasteiger partial charge is 0.491 e. The van der Waals surface area contributed by atoms with Crippen molar-refractivity contribution < 1.29 is 9.53 Å². The van der Waals surface area contributed by atoms with Gasteiger partial charge in [0.25, 0.3) is 5.91 Å². The van der Waals surface area contributed by atoms with Crippen LogP contribution in [0, 0.1) is 0 Å². The van der Waals surface area contributed by atoms with Crippen molar-refractivity contribution in [3.63, 3.8) is 0 Å². The third kappa shape index (κ3) is 3.15. The zero-order valence-electron chi connectivity index (χ0n) is 9.75. The molecule has 0 aliphatic carbocycles. The average molecular weight is 222 g/mol. The van der Waals surface area contributed by atoms with Crippen LogP contribution in [0.1, 0.15) is 30.1 Å². The molecule has 0 aliphatic heterocycles. The molecule has 0 unspecified atom stereocenters. The van der Waals surface area contributed by atoms with E-state index in [1.165, 1.54) is 0 Å². The molecular weight excluding hydrogens is 204 g/mol. The number of nitrogens with one attached hydrogen (secondary N) is 1. The summed E-state index contributed by atoms with van der Waals surface area (Å²) in [5, 5.41) is 2.56. The monoisotopic (exact) mass is 222 g/mol.